The highest BCUT2D eigenvalue weighted by Crippen LogP contribution is 2.33. The standard InChI is InChI=1S/C19H24N2O4/c1-14-8-9-18(25-14)17-7-4-10-21(17)19(22)20-15-5-3-6-16(13-15)24-12-11-23-2/h3,5-6,8-9,13,17H,4,7,10-12H2,1-2H3,(H,20,22)/t17-/m1/s1. The number of amides is 2. The molecule has 0 bridgehead atoms. The van der Waals surface area contributed by atoms with Crippen LogP contribution in [0, 0.1) is 6.92 Å². The third kappa shape index (κ3) is 4.33. The largest absolute Gasteiger partial charge is 0.491 e. The predicted molar refractivity (Wildman–Crippen MR) is 95.0 cm³/mol. The van der Waals surface area contributed by atoms with E-state index in [4.69, 9.17) is 13.9 Å². The molecule has 1 saturated heterocycles. The molecule has 1 fully saturated rings. The molecule has 1 N–H and O–H groups in total. The van der Waals surface area contributed by atoms with E-state index in [-0.39, 0.29) is 12.1 Å². The Kier molecular flexibility index (Phi) is 5.60. The summed E-state index contributed by atoms with van der Waals surface area (Å²) in [6.45, 7) is 3.63. The van der Waals surface area contributed by atoms with E-state index in [1.54, 1.807) is 7.11 Å². The molecule has 134 valence electrons. The number of methoxy groups -OCH3 is 1. The minimum absolute atomic E-state index is 0.00478. The van der Waals surface area contributed by atoms with E-state index in [0.29, 0.717) is 24.7 Å². The summed E-state index contributed by atoms with van der Waals surface area (Å²) >= 11 is 0. The lowest BCUT2D eigenvalue weighted by Gasteiger charge is -2.23. The molecule has 6 nitrogen and oxygen atoms in total. The SMILES string of the molecule is COCCOc1cccc(NC(=O)N2CCC[C@@H]2c2ccc(C)o2)c1. The summed E-state index contributed by atoms with van der Waals surface area (Å²) in [5.41, 5.74) is 0.709. The van der Waals surface area contributed by atoms with Gasteiger partial charge in [-0.25, -0.2) is 4.79 Å². The van der Waals surface area contributed by atoms with Crippen LogP contribution in [0.2, 0.25) is 0 Å². The quantitative estimate of drug-likeness (QED) is 0.805. The van der Waals surface area contributed by atoms with Gasteiger partial charge in [0.25, 0.3) is 0 Å². The average Bonchev–Trinajstić information content (AvgIpc) is 3.24. The van der Waals surface area contributed by atoms with E-state index in [2.05, 4.69) is 5.32 Å². The van der Waals surface area contributed by atoms with Crippen LogP contribution >= 0.6 is 0 Å². The smallest absolute Gasteiger partial charge is 0.322 e. The van der Waals surface area contributed by atoms with Gasteiger partial charge in [0, 0.05) is 25.4 Å². The molecule has 1 aliphatic rings. The van der Waals surface area contributed by atoms with Gasteiger partial charge in [-0.3, -0.25) is 0 Å². The zero-order valence-corrected chi connectivity index (χ0v) is 14.7. The highest BCUT2D eigenvalue weighted by Gasteiger charge is 2.32. The molecular weight excluding hydrogens is 320 g/mol. The van der Waals surface area contributed by atoms with Crippen LogP contribution in [-0.2, 0) is 4.74 Å². The number of rotatable bonds is 6. The Morgan fingerprint density at radius 3 is 2.96 bits per heavy atom. The van der Waals surface area contributed by atoms with Gasteiger partial charge in [0.2, 0.25) is 0 Å². The molecule has 0 radical (unpaired) electrons. The van der Waals surface area contributed by atoms with E-state index in [1.807, 2.05) is 48.2 Å². The molecule has 1 aromatic heterocycles. The van der Waals surface area contributed by atoms with Crippen molar-refractivity contribution in [1.82, 2.24) is 4.90 Å². The maximum Gasteiger partial charge on any atom is 0.322 e. The first-order valence-corrected chi connectivity index (χ1v) is 8.53. The minimum Gasteiger partial charge on any atom is -0.491 e. The maximum absolute atomic E-state index is 12.7. The molecule has 2 amide bonds. The maximum atomic E-state index is 12.7. The summed E-state index contributed by atoms with van der Waals surface area (Å²) in [6, 6.07) is 11.1. The van der Waals surface area contributed by atoms with Gasteiger partial charge in [0.05, 0.1) is 12.6 Å². The van der Waals surface area contributed by atoms with E-state index >= 15 is 0 Å². The highest BCUT2D eigenvalue weighted by atomic mass is 16.5. The molecule has 0 spiro atoms. The number of hydrogen-bond acceptors (Lipinski definition) is 4. The van der Waals surface area contributed by atoms with Crippen LogP contribution < -0.4 is 10.1 Å². The fourth-order valence-electron chi connectivity index (χ4n) is 3.04. The van der Waals surface area contributed by atoms with Crippen LogP contribution in [0.1, 0.15) is 30.4 Å². The number of ether oxygens (including phenoxy) is 2. The van der Waals surface area contributed by atoms with Crippen molar-refractivity contribution in [3.8, 4) is 5.75 Å². The second-order valence-corrected chi connectivity index (χ2v) is 6.10. The van der Waals surface area contributed by atoms with E-state index in [9.17, 15) is 4.79 Å². The number of nitrogens with zero attached hydrogens (tertiary/aromatic N) is 1. The number of anilines is 1. The molecule has 3 rings (SSSR count). The lowest BCUT2D eigenvalue weighted by molar-refractivity contribution is 0.146. The fraction of sp³-hybridized carbons (Fsp3) is 0.421. The summed E-state index contributed by atoms with van der Waals surface area (Å²) < 4.78 is 16.3. The number of urea groups is 1. The minimum atomic E-state index is -0.120. The summed E-state index contributed by atoms with van der Waals surface area (Å²) in [6.07, 6.45) is 1.89. The number of benzene rings is 1. The topological polar surface area (TPSA) is 63.9 Å². The summed E-state index contributed by atoms with van der Waals surface area (Å²) in [4.78, 5) is 14.5. The van der Waals surface area contributed by atoms with Gasteiger partial charge in [-0.2, -0.15) is 0 Å². The van der Waals surface area contributed by atoms with Crippen molar-refractivity contribution < 1.29 is 18.7 Å². The third-order valence-corrected chi connectivity index (χ3v) is 4.24. The summed E-state index contributed by atoms with van der Waals surface area (Å²) in [5.74, 6) is 2.42. The van der Waals surface area contributed by atoms with Crippen LogP contribution in [0.3, 0.4) is 0 Å². The van der Waals surface area contributed by atoms with E-state index < -0.39 is 0 Å². The number of carbonyl (C=O) groups excluding carboxylic acids is 1. The van der Waals surface area contributed by atoms with Gasteiger partial charge in [0.1, 0.15) is 23.9 Å². The lowest BCUT2D eigenvalue weighted by Crippen LogP contribution is -2.34. The second kappa shape index (κ2) is 8.07. The Bertz CT molecular complexity index is 713. The number of furan rings is 1. The Labute approximate surface area is 147 Å². The van der Waals surface area contributed by atoms with Gasteiger partial charge in [-0.05, 0) is 44.0 Å². The third-order valence-electron chi connectivity index (χ3n) is 4.24. The van der Waals surface area contributed by atoms with Gasteiger partial charge >= 0.3 is 6.03 Å². The molecule has 0 saturated carbocycles. The zero-order valence-electron chi connectivity index (χ0n) is 14.7. The van der Waals surface area contributed by atoms with Gasteiger partial charge < -0.3 is 24.1 Å². The van der Waals surface area contributed by atoms with Crippen LogP contribution in [0.25, 0.3) is 0 Å². The Hall–Kier alpha value is -2.47. The van der Waals surface area contributed by atoms with Crippen LogP contribution in [0.5, 0.6) is 5.75 Å². The molecule has 25 heavy (non-hydrogen) atoms. The number of hydrogen-bond donors (Lipinski definition) is 1. The Morgan fingerprint density at radius 1 is 1.32 bits per heavy atom. The first kappa shape index (κ1) is 17.4. The van der Waals surface area contributed by atoms with Crippen molar-refractivity contribution in [2.24, 2.45) is 0 Å². The summed E-state index contributed by atoms with van der Waals surface area (Å²) in [5, 5.41) is 2.96. The molecule has 1 atom stereocenters. The zero-order chi connectivity index (χ0) is 17.6. The van der Waals surface area contributed by atoms with E-state index in [0.717, 1.165) is 30.9 Å². The molecule has 1 aliphatic heterocycles. The molecule has 2 heterocycles. The van der Waals surface area contributed by atoms with E-state index in [1.165, 1.54) is 0 Å². The highest BCUT2D eigenvalue weighted by molar-refractivity contribution is 5.90. The van der Waals surface area contributed by atoms with Crippen molar-refractivity contribution in [1.29, 1.82) is 0 Å². The first-order valence-electron chi connectivity index (χ1n) is 8.53. The predicted octanol–water partition coefficient (Wildman–Crippen LogP) is 3.98. The molecule has 0 unspecified atom stereocenters. The second-order valence-electron chi connectivity index (χ2n) is 6.10. The number of likely N-dealkylation sites (tertiary alicyclic amines) is 1. The fourth-order valence-corrected chi connectivity index (χ4v) is 3.04. The van der Waals surface area contributed by atoms with Crippen molar-refractivity contribution in [3.63, 3.8) is 0 Å². The van der Waals surface area contributed by atoms with Gasteiger partial charge in [-0.1, -0.05) is 6.07 Å². The van der Waals surface area contributed by atoms with Crippen molar-refractivity contribution in [2.75, 3.05) is 32.2 Å². The van der Waals surface area contributed by atoms with Crippen molar-refractivity contribution in [2.45, 2.75) is 25.8 Å². The molecule has 2 aromatic rings. The molecule has 1 aromatic carbocycles. The van der Waals surface area contributed by atoms with Gasteiger partial charge in [-0.15, -0.1) is 0 Å². The molecule has 6 heteroatoms. The first-order chi connectivity index (χ1) is 12.2. The average molecular weight is 344 g/mol. The van der Waals surface area contributed by atoms with Crippen LogP contribution in [0.4, 0.5) is 10.5 Å². The Morgan fingerprint density at radius 2 is 2.20 bits per heavy atom. The van der Waals surface area contributed by atoms with Gasteiger partial charge in [0.15, 0.2) is 0 Å². The normalized spacial score (nSPS) is 16.9. The van der Waals surface area contributed by atoms with Crippen LogP contribution in [0.15, 0.2) is 40.8 Å². The van der Waals surface area contributed by atoms with Crippen LogP contribution in [-0.4, -0.2) is 37.8 Å². The number of nitrogens with one attached hydrogen (secondary N) is 1. The summed E-state index contributed by atoms with van der Waals surface area (Å²) in [7, 11) is 1.63. The van der Waals surface area contributed by atoms with Crippen molar-refractivity contribution in [3.05, 3.63) is 47.9 Å². The number of carbonyl (C=O) groups is 1. The monoisotopic (exact) mass is 344 g/mol. The molecule has 0 aliphatic carbocycles. The molecular formula is C19H24N2O4. The lowest BCUT2D eigenvalue weighted by atomic mass is 10.2. The Balaban J connectivity index is 1.64. The number of aryl methyl sites for hydroxylation is 1. The van der Waals surface area contributed by atoms with Crippen molar-refractivity contribution >= 4 is 11.7 Å².